The fourth-order valence-corrected chi connectivity index (χ4v) is 6.65. The van der Waals surface area contributed by atoms with Crippen LogP contribution in [0.25, 0.3) is 11.5 Å². The van der Waals surface area contributed by atoms with Crippen LogP contribution in [0, 0.1) is 11.3 Å². The van der Waals surface area contributed by atoms with Crippen molar-refractivity contribution < 1.29 is 22.4 Å². The first-order valence-electron chi connectivity index (χ1n) is 12.2. The van der Waals surface area contributed by atoms with Gasteiger partial charge in [-0.05, 0) is 30.4 Å². The number of anilines is 2. The van der Waals surface area contributed by atoms with Crippen LogP contribution in [0.5, 0.6) is 0 Å². The monoisotopic (exact) mass is 579 g/mol. The predicted molar refractivity (Wildman–Crippen MR) is 147 cm³/mol. The topological polar surface area (TPSA) is 134 Å². The number of carbonyl (C=O) groups excluding carboxylic acids is 2. The summed E-state index contributed by atoms with van der Waals surface area (Å²) in [4.78, 5) is 36.5. The van der Waals surface area contributed by atoms with E-state index in [9.17, 15) is 18.0 Å². The highest BCUT2D eigenvalue weighted by molar-refractivity contribution is 7.92. The zero-order valence-corrected chi connectivity index (χ0v) is 24.0. The number of aromatic nitrogens is 2. The number of nitrogens with zero attached hydrogens (tertiary/aromatic N) is 3. The maximum atomic E-state index is 12.8. The lowest BCUT2D eigenvalue weighted by molar-refractivity contribution is -0.124. The van der Waals surface area contributed by atoms with Crippen LogP contribution in [-0.4, -0.2) is 43.3 Å². The Labute approximate surface area is 230 Å². The largest absolute Gasteiger partial charge is 0.441 e. The summed E-state index contributed by atoms with van der Waals surface area (Å²) in [5, 5.41) is 4.62. The lowest BCUT2D eigenvalue weighted by atomic mass is 9.95. The number of hydrogen-bond donors (Lipinski definition) is 2. The predicted octanol–water partition coefficient (Wildman–Crippen LogP) is 4.72. The number of piperidine rings is 1. The molecule has 10 nitrogen and oxygen atoms in total. The average Bonchev–Trinajstić information content (AvgIpc) is 3.53. The Morgan fingerprint density at radius 3 is 2.50 bits per heavy atom. The molecular weight excluding hydrogens is 550 g/mol. The number of thiophene rings is 1. The fourth-order valence-electron chi connectivity index (χ4n) is 3.92. The molecule has 0 aliphatic carbocycles. The molecule has 204 valence electrons. The van der Waals surface area contributed by atoms with E-state index in [4.69, 9.17) is 16.0 Å². The van der Waals surface area contributed by atoms with E-state index >= 15 is 0 Å². The summed E-state index contributed by atoms with van der Waals surface area (Å²) in [5.41, 5.74) is 0.508. The highest BCUT2D eigenvalue weighted by Gasteiger charge is 2.31. The number of amides is 2. The fraction of sp³-hybridized carbons (Fsp3) is 0.440. The van der Waals surface area contributed by atoms with E-state index < -0.39 is 27.3 Å². The van der Waals surface area contributed by atoms with Crippen molar-refractivity contribution in [3.05, 3.63) is 40.7 Å². The van der Waals surface area contributed by atoms with Gasteiger partial charge in [0, 0.05) is 37.0 Å². The molecule has 0 bridgehead atoms. The maximum absolute atomic E-state index is 12.8. The lowest BCUT2D eigenvalue weighted by Gasteiger charge is -2.33. The van der Waals surface area contributed by atoms with Crippen LogP contribution in [-0.2, 0) is 26.0 Å². The molecule has 0 spiro atoms. The van der Waals surface area contributed by atoms with Crippen molar-refractivity contribution in [3.63, 3.8) is 0 Å². The van der Waals surface area contributed by atoms with E-state index in [1.165, 1.54) is 6.07 Å². The summed E-state index contributed by atoms with van der Waals surface area (Å²) in [7, 11) is -4.03. The number of sulfonamides is 1. The smallest absolute Gasteiger partial charge is 0.275 e. The van der Waals surface area contributed by atoms with E-state index in [1.807, 2.05) is 32.6 Å². The van der Waals surface area contributed by atoms with Gasteiger partial charge in [-0.25, -0.2) is 23.1 Å². The van der Waals surface area contributed by atoms with Crippen LogP contribution in [0.4, 0.5) is 11.5 Å². The van der Waals surface area contributed by atoms with E-state index in [0.29, 0.717) is 55.3 Å². The molecule has 2 N–H and O–H groups in total. The Kier molecular flexibility index (Phi) is 8.15. The Morgan fingerprint density at radius 1 is 1.21 bits per heavy atom. The minimum Gasteiger partial charge on any atom is -0.441 e. The highest BCUT2D eigenvalue weighted by Crippen LogP contribution is 2.33. The Bertz CT molecular complexity index is 1440. The second-order valence-corrected chi connectivity index (χ2v) is 13.3. The van der Waals surface area contributed by atoms with Crippen molar-refractivity contribution in [2.75, 3.05) is 23.3 Å². The molecule has 0 unspecified atom stereocenters. The van der Waals surface area contributed by atoms with Crippen molar-refractivity contribution in [1.29, 1.82) is 0 Å². The summed E-state index contributed by atoms with van der Waals surface area (Å²) in [6.45, 7) is 8.33. The van der Waals surface area contributed by atoms with E-state index in [2.05, 4.69) is 20.0 Å². The van der Waals surface area contributed by atoms with Crippen molar-refractivity contribution in [1.82, 2.24) is 14.7 Å². The molecule has 13 heteroatoms. The number of carbonyl (C=O) groups is 2. The number of halogens is 1. The SMILES string of the molecule is CCc1cnc(-c2cnc(N3CCC(C(=O)NS(=O)(=O)c4sccc4Cl)CC3)c(NC(=O)C(C)(C)C)c2)o1. The summed E-state index contributed by atoms with van der Waals surface area (Å²) in [6, 6.07) is 3.26. The maximum Gasteiger partial charge on any atom is 0.275 e. The molecule has 1 saturated heterocycles. The molecule has 0 atom stereocenters. The number of pyridine rings is 1. The minimum atomic E-state index is -4.03. The molecule has 1 fully saturated rings. The summed E-state index contributed by atoms with van der Waals surface area (Å²) in [6.07, 6.45) is 4.84. The van der Waals surface area contributed by atoms with Gasteiger partial charge in [0.2, 0.25) is 17.7 Å². The second-order valence-electron chi connectivity index (χ2n) is 10.1. The van der Waals surface area contributed by atoms with Gasteiger partial charge < -0.3 is 14.6 Å². The van der Waals surface area contributed by atoms with Crippen molar-refractivity contribution in [2.24, 2.45) is 11.3 Å². The molecule has 2 amide bonds. The van der Waals surface area contributed by atoms with Crippen LogP contribution >= 0.6 is 22.9 Å². The molecule has 3 aromatic rings. The van der Waals surface area contributed by atoms with Gasteiger partial charge in [0.25, 0.3) is 10.0 Å². The van der Waals surface area contributed by atoms with Gasteiger partial charge in [-0.2, -0.15) is 0 Å². The second kappa shape index (κ2) is 11.0. The summed E-state index contributed by atoms with van der Waals surface area (Å²) >= 11 is 6.90. The number of oxazole rings is 1. The first kappa shape index (κ1) is 28.1. The first-order valence-corrected chi connectivity index (χ1v) is 14.9. The Morgan fingerprint density at radius 2 is 1.92 bits per heavy atom. The van der Waals surface area contributed by atoms with Gasteiger partial charge in [-0.3, -0.25) is 9.59 Å². The normalized spacial score (nSPS) is 14.9. The van der Waals surface area contributed by atoms with Crippen LogP contribution in [0.1, 0.15) is 46.3 Å². The van der Waals surface area contributed by atoms with E-state index in [-0.39, 0.29) is 15.1 Å². The molecular formula is C25H30ClN5O5S2. The number of rotatable bonds is 7. The summed E-state index contributed by atoms with van der Waals surface area (Å²) in [5.74, 6) is 0.486. The van der Waals surface area contributed by atoms with Gasteiger partial charge in [-0.15, -0.1) is 11.3 Å². The molecule has 0 aromatic carbocycles. The third-order valence-corrected chi connectivity index (χ3v) is 9.54. The van der Waals surface area contributed by atoms with E-state index in [1.54, 1.807) is 23.8 Å². The summed E-state index contributed by atoms with van der Waals surface area (Å²) < 4.78 is 33.0. The third kappa shape index (κ3) is 6.19. The molecule has 3 aromatic heterocycles. The quantitative estimate of drug-likeness (QED) is 0.410. The zero-order valence-electron chi connectivity index (χ0n) is 21.6. The number of aryl methyl sites for hydroxylation is 1. The zero-order chi connectivity index (χ0) is 27.7. The number of hydrogen-bond acceptors (Lipinski definition) is 9. The van der Waals surface area contributed by atoms with Gasteiger partial charge in [0.15, 0.2) is 10.0 Å². The van der Waals surface area contributed by atoms with Gasteiger partial charge in [-0.1, -0.05) is 39.3 Å². The van der Waals surface area contributed by atoms with E-state index in [0.717, 1.165) is 17.1 Å². The number of nitrogens with one attached hydrogen (secondary N) is 2. The van der Waals surface area contributed by atoms with Gasteiger partial charge in [0.1, 0.15) is 5.76 Å². The first-order chi connectivity index (χ1) is 17.9. The molecule has 1 aliphatic heterocycles. The average molecular weight is 580 g/mol. The van der Waals surface area contributed by atoms with Crippen molar-refractivity contribution in [2.45, 2.75) is 51.2 Å². The standard InChI is InChI=1S/C25H30ClN5O5S2/c1-5-17-14-28-22(36-17)16-12-19(29-24(33)25(2,3)4)20(27-13-16)31-9-6-15(7-10-31)21(32)30-38(34,35)23-18(26)8-11-37-23/h8,11-15H,5-7,9-10H2,1-4H3,(H,29,33)(H,30,32). The lowest BCUT2D eigenvalue weighted by Crippen LogP contribution is -2.42. The Hall–Kier alpha value is -2.96. The van der Waals surface area contributed by atoms with Gasteiger partial charge >= 0.3 is 0 Å². The van der Waals surface area contributed by atoms with Crippen molar-refractivity contribution >= 4 is 56.3 Å². The van der Waals surface area contributed by atoms with Crippen LogP contribution < -0.4 is 14.9 Å². The van der Waals surface area contributed by atoms with Crippen molar-refractivity contribution in [3.8, 4) is 11.5 Å². The molecule has 38 heavy (non-hydrogen) atoms. The minimum absolute atomic E-state index is 0.0782. The molecule has 0 saturated carbocycles. The third-order valence-electron chi connectivity index (χ3n) is 6.17. The molecule has 4 rings (SSSR count). The molecule has 4 heterocycles. The van der Waals surface area contributed by atoms with Crippen LogP contribution in [0.3, 0.4) is 0 Å². The molecule has 0 radical (unpaired) electrons. The Balaban J connectivity index is 1.51. The van der Waals surface area contributed by atoms with Crippen LogP contribution in [0.15, 0.2) is 38.5 Å². The van der Waals surface area contributed by atoms with Gasteiger partial charge in [0.05, 0.1) is 22.5 Å². The highest BCUT2D eigenvalue weighted by atomic mass is 35.5. The van der Waals surface area contributed by atoms with Crippen LogP contribution in [0.2, 0.25) is 5.02 Å². The molecule has 1 aliphatic rings.